The second-order valence-corrected chi connectivity index (χ2v) is 7.44. The number of amides is 3. The van der Waals surface area contributed by atoms with Crippen molar-refractivity contribution < 1.29 is 18.4 Å². The smallest absolute Gasteiger partial charge is 0.315 e. The van der Waals surface area contributed by atoms with Gasteiger partial charge in [0, 0.05) is 18.2 Å². The molecule has 154 valence electrons. The molecule has 1 saturated carbocycles. The minimum absolute atomic E-state index is 0.196. The summed E-state index contributed by atoms with van der Waals surface area (Å²) in [4.78, 5) is 25.4. The molecule has 3 N–H and O–H groups in total. The molecule has 1 atom stereocenters. The molecule has 1 fully saturated rings. The first-order valence-corrected chi connectivity index (χ1v) is 9.75. The van der Waals surface area contributed by atoms with Gasteiger partial charge in [-0.15, -0.1) is 0 Å². The summed E-state index contributed by atoms with van der Waals surface area (Å²) in [6.45, 7) is 1.98. The van der Waals surface area contributed by atoms with E-state index >= 15 is 0 Å². The van der Waals surface area contributed by atoms with E-state index in [9.17, 15) is 18.4 Å². The van der Waals surface area contributed by atoms with Crippen molar-refractivity contribution in [3.63, 3.8) is 0 Å². The fraction of sp³-hybridized carbons (Fsp3) is 0.364. The predicted octanol–water partition coefficient (Wildman–Crippen LogP) is 3.95. The normalized spacial score (nSPS) is 16.1. The number of rotatable bonds is 6. The predicted molar refractivity (Wildman–Crippen MR) is 106 cm³/mol. The Balaban J connectivity index is 1.64. The molecule has 1 aliphatic carbocycles. The maximum Gasteiger partial charge on any atom is 0.315 e. The fourth-order valence-electron chi connectivity index (χ4n) is 3.69. The highest BCUT2D eigenvalue weighted by Gasteiger charge is 2.43. The summed E-state index contributed by atoms with van der Waals surface area (Å²) in [5, 5.41) is 8.38. The first kappa shape index (κ1) is 20.8. The highest BCUT2D eigenvalue weighted by Crippen LogP contribution is 2.31. The fourth-order valence-corrected chi connectivity index (χ4v) is 3.69. The molecule has 1 aliphatic rings. The molecule has 0 saturated heterocycles. The first-order valence-electron chi connectivity index (χ1n) is 9.75. The van der Waals surface area contributed by atoms with Crippen molar-refractivity contribution in [1.29, 1.82) is 0 Å². The molecular weight excluding hydrogens is 376 g/mol. The molecule has 5 nitrogen and oxygen atoms in total. The third-order valence-corrected chi connectivity index (χ3v) is 5.32. The van der Waals surface area contributed by atoms with Gasteiger partial charge in [0.15, 0.2) is 0 Å². The molecule has 7 heteroatoms. The average Bonchev–Trinajstić information content (AvgIpc) is 3.17. The standard InChI is InChI=1S/C22H25F2N3O2/c1-15(18-10-9-17(23)13-19(18)24)26-20(28)22(11-5-6-12-22)27-21(29)25-14-16-7-3-2-4-8-16/h2-4,7-10,13,15H,5-6,11-12,14H2,1H3,(H,26,28)(H2,25,27,29). The zero-order valence-electron chi connectivity index (χ0n) is 16.3. The number of urea groups is 1. The van der Waals surface area contributed by atoms with Crippen LogP contribution in [-0.4, -0.2) is 17.5 Å². The second-order valence-electron chi connectivity index (χ2n) is 7.44. The lowest BCUT2D eigenvalue weighted by Crippen LogP contribution is -2.59. The SMILES string of the molecule is CC(NC(=O)C1(NC(=O)NCc2ccccc2)CCCC1)c1ccc(F)cc1F. The van der Waals surface area contributed by atoms with E-state index in [1.807, 2.05) is 30.3 Å². The molecule has 2 aromatic carbocycles. The topological polar surface area (TPSA) is 70.2 Å². The number of hydrogen-bond acceptors (Lipinski definition) is 2. The Morgan fingerprint density at radius 3 is 2.41 bits per heavy atom. The highest BCUT2D eigenvalue weighted by atomic mass is 19.1. The molecule has 0 radical (unpaired) electrons. The number of nitrogens with one attached hydrogen (secondary N) is 3. The van der Waals surface area contributed by atoms with Crippen LogP contribution in [0.3, 0.4) is 0 Å². The molecule has 29 heavy (non-hydrogen) atoms. The van der Waals surface area contributed by atoms with Crippen LogP contribution in [0.5, 0.6) is 0 Å². The van der Waals surface area contributed by atoms with Crippen LogP contribution in [0.25, 0.3) is 0 Å². The van der Waals surface area contributed by atoms with E-state index in [-0.39, 0.29) is 11.5 Å². The average molecular weight is 401 g/mol. The molecule has 3 amide bonds. The molecule has 0 spiro atoms. The van der Waals surface area contributed by atoms with Crippen molar-refractivity contribution in [2.75, 3.05) is 0 Å². The maximum absolute atomic E-state index is 14.0. The van der Waals surface area contributed by atoms with E-state index in [4.69, 9.17) is 0 Å². The summed E-state index contributed by atoms with van der Waals surface area (Å²) < 4.78 is 27.2. The third kappa shape index (κ3) is 5.10. The van der Waals surface area contributed by atoms with Crippen LogP contribution < -0.4 is 16.0 Å². The summed E-state index contributed by atoms with van der Waals surface area (Å²) in [6.07, 6.45) is 2.64. The molecule has 3 rings (SSSR count). The van der Waals surface area contributed by atoms with Gasteiger partial charge in [-0.25, -0.2) is 13.6 Å². The maximum atomic E-state index is 14.0. The zero-order valence-corrected chi connectivity index (χ0v) is 16.3. The highest BCUT2D eigenvalue weighted by molar-refractivity contribution is 5.91. The third-order valence-electron chi connectivity index (χ3n) is 5.32. The number of carbonyl (C=O) groups is 2. The van der Waals surface area contributed by atoms with Crippen molar-refractivity contribution in [3.05, 3.63) is 71.3 Å². The van der Waals surface area contributed by atoms with Gasteiger partial charge in [-0.05, 0) is 31.4 Å². The van der Waals surface area contributed by atoms with Crippen molar-refractivity contribution in [2.24, 2.45) is 0 Å². The van der Waals surface area contributed by atoms with E-state index in [2.05, 4.69) is 16.0 Å². The lowest BCUT2D eigenvalue weighted by Gasteiger charge is -2.30. The lowest BCUT2D eigenvalue weighted by molar-refractivity contribution is -0.127. The molecule has 0 bridgehead atoms. The quantitative estimate of drug-likeness (QED) is 0.686. The molecule has 0 heterocycles. The summed E-state index contributed by atoms with van der Waals surface area (Å²) in [6, 6.07) is 11.6. The van der Waals surface area contributed by atoms with Crippen LogP contribution in [0.2, 0.25) is 0 Å². The number of carbonyl (C=O) groups excluding carboxylic acids is 2. The van der Waals surface area contributed by atoms with Gasteiger partial charge in [0.1, 0.15) is 17.2 Å². The molecule has 2 aromatic rings. The zero-order chi connectivity index (χ0) is 20.9. The summed E-state index contributed by atoms with van der Waals surface area (Å²) in [7, 11) is 0. The van der Waals surface area contributed by atoms with Crippen molar-refractivity contribution in [1.82, 2.24) is 16.0 Å². The van der Waals surface area contributed by atoms with Gasteiger partial charge in [0.05, 0.1) is 6.04 Å². The van der Waals surface area contributed by atoms with E-state index < -0.39 is 29.2 Å². The Bertz CT molecular complexity index is 868. The Kier molecular flexibility index (Phi) is 6.46. The van der Waals surface area contributed by atoms with E-state index in [0.717, 1.165) is 30.5 Å². The summed E-state index contributed by atoms with van der Waals surface area (Å²) in [5.41, 5.74) is 0.111. The molecule has 0 aromatic heterocycles. The summed E-state index contributed by atoms with van der Waals surface area (Å²) in [5.74, 6) is -1.75. The Labute approximate surface area is 168 Å². The minimum Gasteiger partial charge on any atom is -0.347 e. The van der Waals surface area contributed by atoms with Crippen LogP contribution in [0.15, 0.2) is 48.5 Å². The molecular formula is C22H25F2N3O2. The van der Waals surface area contributed by atoms with Crippen LogP contribution in [0, 0.1) is 11.6 Å². The van der Waals surface area contributed by atoms with E-state index in [1.165, 1.54) is 6.07 Å². The Morgan fingerprint density at radius 2 is 1.76 bits per heavy atom. The molecule has 0 aliphatic heterocycles. The largest absolute Gasteiger partial charge is 0.347 e. The van der Waals surface area contributed by atoms with Gasteiger partial charge in [-0.1, -0.05) is 49.2 Å². The lowest BCUT2D eigenvalue weighted by atomic mass is 9.95. The number of hydrogen-bond donors (Lipinski definition) is 3. The Hall–Kier alpha value is -2.96. The van der Waals surface area contributed by atoms with Crippen LogP contribution in [0.4, 0.5) is 13.6 Å². The van der Waals surface area contributed by atoms with Crippen LogP contribution >= 0.6 is 0 Å². The number of benzene rings is 2. The summed E-state index contributed by atoms with van der Waals surface area (Å²) >= 11 is 0. The Morgan fingerprint density at radius 1 is 1.07 bits per heavy atom. The second kappa shape index (κ2) is 9.03. The first-order chi connectivity index (χ1) is 13.9. The van der Waals surface area contributed by atoms with Crippen LogP contribution in [-0.2, 0) is 11.3 Å². The van der Waals surface area contributed by atoms with Gasteiger partial charge < -0.3 is 16.0 Å². The van der Waals surface area contributed by atoms with E-state index in [0.29, 0.717) is 19.4 Å². The van der Waals surface area contributed by atoms with Gasteiger partial charge in [0.25, 0.3) is 0 Å². The number of halogens is 2. The minimum atomic E-state index is -1.04. The monoisotopic (exact) mass is 401 g/mol. The molecule has 1 unspecified atom stereocenters. The van der Waals surface area contributed by atoms with Crippen LogP contribution in [0.1, 0.15) is 49.8 Å². The van der Waals surface area contributed by atoms with Crippen molar-refractivity contribution in [2.45, 2.75) is 50.7 Å². The van der Waals surface area contributed by atoms with Gasteiger partial charge >= 0.3 is 6.03 Å². The van der Waals surface area contributed by atoms with Gasteiger partial charge in [-0.3, -0.25) is 4.79 Å². The van der Waals surface area contributed by atoms with E-state index in [1.54, 1.807) is 6.92 Å². The van der Waals surface area contributed by atoms with Gasteiger partial charge in [-0.2, -0.15) is 0 Å². The van der Waals surface area contributed by atoms with Crippen molar-refractivity contribution >= 4 is 11.9 Å². The van der Waals surface area contributed by atoms with Gasteiger partial charge in [0.2, 0.25) is 5.91 Å². The van der Waals surface area contributed by atoms with Crippen molar-refractivity contribution in [3.8, 4) is 0 Å².